The quantitative estimate of drug-likeness (QED) is 0.385. The summed E-state index contributed by atoms with van der Waals surface area (Å²) >= 11 is 0. The van der Waals surface area contributed by atoms with Gasteiger partial charge in [-0.2, -0.15) is 0 Å². The zero-order chi connectivity index (χ0) is 23.6. The Kier molecular flexibility index (Phi) is 10.8. The molecule has 0 unspecified atom stereocenters. The smallest absolute Gasteiger partial charge is 0.320 e. The first-order valence-corrected chi connectivity index (χ1v) is 13.3. The maximum Gasteiger partial charge on any atom is 0.320 e. The molecule has 4 rings (SSSR count). The van der Waals surface area contributed by atoms with Crippen LogP contribution in [0.1, 0.15) is 37.7 Å². The summed E-state index contributed by atoms with van der Waals surface area (Å²) in [6.45, 7) is 1.69. The summed E-state index contributed by atoms with van der Waals surface area (Å²) in [7, 11) is -3.59. The van der Waals surface area contributed by atoms with E-state index in [2.05, 4.69) is 10.0 Å². The minimum absolute atomic E-state index is 0. The summed E-state index contributed by atoms with van der Waals surface area (Å²) in [6, 6.07) is 7.26. The number of sulfonamides is 1. The molecule has 9 nitrogen and oxygen atoms in total. The van der Waals surface area contributed by atoms with Gasteiger partial charge in [0.05, 0.1) is 5.75 Å². The van der Waals surface area contributed by atoms with Gasteiger partial charge in [-0.05, 0) is 62.0 Å². The second kappa shape index (κ2) is 12.7. The van der Waals surface area contributed by atoms with E-state index in [1.807, 2.05) is 11.0 Å². The van der Waals surface area contributed by atoms with Gasteiger partial charge in [-0.1, -0.05) is 30.3 Å². The number of likely N-dealkylation sites (tertiary alicyclic amines) is 1. The standard InChI is InChI=1S/C23H33N3O6S.2ClH/c27-22(28)20-9-18-8-16(6-7-17(18)11-24-20)12-26-13-19(10-21(26)23(29)30)25-33(31,32)14-15-4-2-1-3-5-15;;/h1-5,16-21,24-25H,6-14H2,(H,27,28)(H,29,30);2*1H/t16-,17-,18+,19-,20-,21-;;/m0../s1. The molecule has 2 heterocycles. The molecular formula is C23H35Cl2N3O6S. The Morgan fingerprint density at radius 1 is 1.00 bits per heavy atom. The molecule has 1 saturated carbocycles. The molecule has 1 aliphatic carbocycles. The average molecular weight is 553 g/mol. The van der Waals surface area contributed by atoms with Crippen molar-refractivity contribution < 1.29 is 28.2 Å². The number of nitrogens with zero attached hydrogens (tertiary/aromatic N) is 1. The van der Waals surface area contributed by atoms with Crippen LogP contribution in [0.3, 0.4) is 0 Å². The summed E-state index contributed by atoms with van der Waals surface area (Å²) in [6.07, 6.45) is 3.73. The minimum Gasteiger partial charge on any atom is -0.480 e. The topological polar surface area (TPSA) is 136 Å². The molecule has 0 radical (unpaired) electrons. The highest BCUT2D eigenvalue weighted by molar-refractivity contribution is 7.88. The van der Waals surface area contributed by atoms with Crippen LogP contribution >= 0.6 is 24.8 Å². The lowest BCUT2D eigenvalue weighted by Crippen LogP contribution is -2.50. The molecule has 4 N–H and O–H groups in total. The van der Waals surface area contributed by atoms with E-state index in [0.717, 1.165) is 25.8 Å². The third kappa shape index (κ3) is 7.77. The Bertz CT molecular complexity index is 967. The molecule has 6 atom stereocenters. The van der Waals surface area contributed by atoms with Crippen LogP contribution in [0.4, 0.5) is 0 Å². The zero-order valence-corrected chi connectivity index (χ0v) is 21.9. The highest BCUT2D eigenvalue weighted by Crippen LogP contribution is 2.39. The Hall–Kier alpha value is -1.43. The first kappa shape index (κ1) is 29.8. The number of halogens is 2. The number of benzene rings is 1. The molecular weight excluding hydrogens is 517 g/mol. The van der Waals surface area contributed by atoms with Crippen LogP contribution < -0.4 is 10.0 Å². The predicted molar refractivity (Wildman–Crippen MR) is 136 cm³/mol. The van der Waals surface area contributed by atoms with Gasteiger partial charge in [0.15, 0.2) is 0 Å². The number of nitrogens with one attached hydrogen (secondary N) is 2. The molecule has 1 aromatic rings. The molecule has 12 heteroatoms. The number of rotatable bonds is 8. The van der Waals surface area contributed by atoms with Crippen LogP contribution in [-0.4, -0.2) is 73.2 Å². The summed E-state index contributed by atoms with van der Waals surface area (Å²) in [5.74, 6) is -0.777. The fourth-order valence-electron chi connectivity index (χ4n) is 5.88. The van der Waals surface area contributed by atoms with Gasteiger partial charge in [-0.25, -0.2) is 13.1 Å². The van der Waals surface area contributed by atoms with Gasteiger partial charge >= 0.3 is 11.9 Å². The molecule has 3 fully saturated rings. The van der Waals surface area contributed by atoms with Crippen LogP contribution in [0.15, 0.2) is 30.3 Å². The fourth-order valence-corrected chi connectivity index (χ4v) is 7.28. The van der Waals surface area contributed by atoms with E-state index < -0.39 is 40.1 Å². The Balaban J connectivity index is 0.00000216. The lowest BCUT2D eigenvalue weighted by molar-refractivity contribution is -0.143. The van der Waals surface area contributed by atoms with Crippen molar-refractivity contribution in [3.63, 3.8) is 0 Å². The van der Waals surface area contributed by atoms with Crippen molar-refractivity contribution in [2.75, 3.05) is 19.6 Å². The largest absolute Gasteiger partial charge is 0.480 e. The van der Waals surface area contributed by atoms with E-state index in [4.69, 9.17) is 0 Å². The van der Waals surface area contributed by atoms with E-state index in [0.29, 0.717) is 42.8 Å². The molecule has 0 bridgehead atoms. The number of aliphatic carboxylic acids is 2. The van der Waals surface area contributed by atoms with Gasteiger partial charge in [0.25, 0.3) is 0 Å². The second-order valence-corrected chi connectivity index (χ2v) is 11.6. The molecule has 0 spiro atoms. The van der Waals surface area contributed by atoms with Gasteiger partial charge in [-0.3, -0.25) is 14.5 Å². The third-order valence-corrected chi connectivity index (χ3v) is 8.84. The van der Waals surface area contributed by atoms with Crippen molar-refractivity contribution in [3.05, 3.63) is 35.9 Å². The number of hydrogen-bond acceptors (Lipinski definition) is 6. The first-order chi connectivity index (χ1) is 15.7. The average Bonchev–Trinajstić information content (AvgIpc) is 3.15. The van der Waals surface area contributed by atoms with Crippen molar-refractivity contribution in [1.82, 2.24) is 14.9 Å². The number of fused-ring (bicyclic) bond motifs is 1. The van der Waals surface area contributed by atoms with Crippen LogP contribution in [0, 0.1) is 17.8 Å². The van der Waals surface area contributed by atoms with E-state index >= 15 is 0 Å². The Labute approximate surface area is 218 Å². The van der Waals surface area contributed by atoms with Crippen LogP contribution in [0.2, 0.25) is 0 Å². The molecule has 2 aliphatic heterocycles. The van der Waals surface area contributed by atoms with Crippen molar-refractivity contribution >= 4 is 46.8 Å². The number of hydrogen-bond donors (Lipinski definition) is 4. The summed E-state index contributed by atoms with van der Waals surface area (Å²) in [5, 5.41) is 22.2. The van der Waals surface area contributed by atoms with E-state index in [-0.39, 0.29) is 37.0 Å². The van der Waals surface area contributed by atoms with Crippen molar-refractivity contribution in [3.8, 4) is 0 Å². The molecule has 3 aliphatic rings. The number of carbonyl (C=O) groups is 2. The monoisotopic (exact) mass is 551 g/mol. The SMILES string of the molecule is Cl.Cl.O=C(O)[C@@H]1C[C@H]2C[C@@H](CN3C[C@@H](NS(=O)(=O)Cc4ccccc4)C[C@H]3C(=O)O)CC[C@H]2CN1. The molecule has 35 heavy (non-hydrogen) atoms. The highest BCUT2D eigenvalue weighted by atomic mass is 35.5. The van der Waals surface area contributed by atoms with Gasteiger partial charge in [0, 0.05) is 19.1 Å². The summed E-state index contributed by atoms with van der Waals surface area (Å²) in [4.78, 5) is 25.2. The van der Waals surface area contributed by atoms with Gasteiger partial charge < -0.3 is 15.5 Å². The summed E-state index contributed by atoms with van der Waals surface area (Å²) in [5.41, 5.74) is 0.688. The van der Waals surface area contributed by atoms with Crippen LogP contribution in [-0.2, 0) is 25.4 Å². The molecule has 1 aromatic carbocycles. The van der Waals surface area contributed by atoms with Crippen LogP contribution in [0.25, 0.3) is 0 Å². The van der Waals surface area contributed by atoms with Gasteiger partial charge in [0.2, 0.25) is 10.0 Å². The van der Waals surface area contributed by atoms with Gasteiger partial charge in [0.1, 0.15) is 12.1 Å². The number of piperidine rings is 1. The van der Waals surface area contributed by atoms with Crippen molar-refractivity contribution in [1.29, 1.82) is 0 Å². The van der Waals surface area contributed by atoms with E-state index in [9.17, 15) is 28.2 Å². The van der Waals surface area contributed by atoms with E-state index in [1.165, 1.54) is 0 Å². The lowest BCUT2D eigenvalue weighted by Gasteiger charge is -2.42. The van der Waals surface area contributed by atoms with E-state index in [1.54, 1.807) is 24.3 Å². The first-order valence-electron chi connectivity index (χ1n) is 11.7. The second-order valence-electron chi connectivity index (χ2n) is 9.84. The van der Waals surface area contributed by atoms with Crippen molar-refractivity contribution in [2.45, 2.75) is 56.0 Å². The minimum atomic E-state index is -3.59. The fraction of sp³-hybridized carbons (Fsp3) is 0.652. The normalized spacial score (nSPS) is 31.0. The Morgan fingerprint density at radius 2 is 1.71 bits per heavy atom. The molecule has 198 valence electrons. The highest BCUT2D eigenvalue weighted by Gasteiger charge is 2.42. The lowest BCUT2D eigenvalue weighted by atomic mass is 9.69. The maximum atomic E-state index is 12.6. The maximum absolute atomic E-state index is 12.6. The Morgan fingerprint density at radius 3 is 2.37 bits per heavy atom. The zero-order valence-electron chi connectivity index (χ0n) is 19.4. The number of carboxylic acids is 2. The molecule has 2 saturated heterocycles. The predicted octanol–water partition coefficient (Wildman–Crippen LogP) is 1.96. The van der Waals surface area contributed by atoms with Gasteiger partial charge in [-0.15, -0.1) is 24.8 Å². The summed E-state index contributed by atoms with van der Waals surface area (Å²) < 4.78 is 28.0. The third-order valence-electron chi connectivity index (χ3n) is 7.44. The van der Waals surface area contributed by atoms with Crippen LogP contribution in [0.5, 0.6) is 0 Å². The van der Waals surface area contributed by atoms with Crippen molar-refractivity contribution in [2.24, 2.45) is 17.8 Å². The molecule has 0 amide bonds. The number of carboxylic acid groups (broad SMARTS) is 2. The molecule has 0 aromatic heterocycles.